The normalized spacial score (nSPS) is 9.69. The maximum atomic E-state index is 12.8. The largest absolute Gasteiger partial charge is 0.298 e. The van der Waals surface area contributed by atoms with E-state index in [0.29, 0.717) is 0 Å². The van der Waals surface area contributed by atoms with Crippen molar-refractivity contribution in [3.63, 3.8) is 0 Å². The number of benzene rings is 1. The van der Waals surface area contributed by atoms with E-state index < -0.39 is 22.0 Å². The third-order valence-electron chi connectivity index (χ3n) is 1.42. The van der Waals surface area contributed by atoms with Gasteiger partial charge in [-0.15, -0.1) is 0 Å². The van der Waals surface area contributed by atoms with Crippen molar-refractivity contribution < 1.29 is 14.1 Å². The zero-order valence-electron chi connectivity index (χ0n) is 6.16. The first-order valence-corrected chi connectivity index (χ1v) is 3.94. The van der Waals surface area contributed by atoms with Crippen LogP contribution in [0.3, 0.4) is 0 Å². The quantitative estimate of drug-likeness (QED) is 0.458. The molecule has 0 bridgehead atoms. The lowest BCUT2D eigenvalue weighted by atomic mass is 10.2. The van der Waals surface area contributed by atoms with E-state index in [-0.39, 0.29) is 10.8 Å². The molecule has 1 rings (SSSR count). The number of rotatable bonds is 2. The van der Waals surface area contributed by atoms with Crippen molar-refractivity contribution in [2.75, 3.05) is 0 Å². The van der Waals surface area contributed by atoms with Crippen molar-refractivity contribution >= 4 is 27.9 Å². The number of hydrogen-bond acceptors (Lipinski definition) is 3. The standard InChI is InChI=1S/C7H3BrFNO3/c8-5-1-2-6(9)4(3-11)7(5)10(12)13/h1-3H. The Kier molecular flexibility index (Phi) is 2.72. The SMILES string of the molecule is O=Cc1c(F)ccc(Br)c1[N+](=O)[O-]. The molecule has 0 N–H and O–H groups in total. The first kappa shape index (κ1) is 9.79. The number of nitro groups is 1. The van der Waals surface area contributed by atoms with Crippen LogP contribution < -0.4 is 0 Å². The van der Waals surface area contributed by atoms with Gasteiger partial charge < -0.3 is 0 Å². The van der Waals surface area contributed by atoms with Crippen LogP contribution >= 0.6 is 15.9 Å². The molecule has 4 nitrogen and oxygen atoms in total. The molecule has 0 saturated carbocycles. The summed E-state index contributed by atoms with van der Waals surface area (Å²) in [4.78, 5) is 19.9. The van der Waals surface area contributed by atoms with Gasteiger partial charge in [-0.1, -0.05) is 0 Å². The van der Waals surface area contributed by atoms with Crippen molar-refractivity contribution in [2.45, 2.75) is 0 Å². The van der Waals surface area contributed by atoms with Crippen LogP contribution in [0.15, 0.2) is 16.6 Å². The van der Waals surface area contributed by atoms with Crippen LogP contribution in [0.4, 0.5) is 10.1 Å². The zero-order valence-corrected chi connectivity index (χ0v) is 7.75. The molecule has 0 heterocycles. The molecule has 0 fully saturated rings. The number of aldehydes is 1. The van der Waals surface area contributed by atoms with Gasteiger partial charge in [-0.3, -0.25) is 14.9 Å². The molecule has 13 heavy (non-hydrogen) atoms. The average Bonchev–Trinajstić information content (AvgIpc) is 2.07. The van der Waals surface area contributed by atoms with Gasteiger partial charge in [0.2, 0.25) is 0 Å². The van der Waals surface area contributed by atoms with Crippen molar-refractivity contribution in [1.82, 2.24) is 0 Å². The molecule has 1 aromatic carbocycles. The molecule has 0 spiro atoms. The Morgan fingerprint density at radius 1 is 1.54 bits per heavy atom. The Morgan fingerprint density at radius 3 is 2.54 bits per heavy atom. The fourth-order valence-electron chi connectivity index (χ4n) is 0.854. The second-order valence-corrected chi connectivity index (χ2v) is 3.02. The molecule has 0 amide bonds. The first-order chi connectivity index (χ1) is 6.07. The number of nitrogens with zero attached hydrogens (tertiary/aromatic N) is 1. The number of halogens is 2. The molecular weight excluding hydrogens is 245 g/mol. The molecule has 0 saturated heterocycles. The fourth-order valence-corrected chi connectivity index (χ4v) is 1.34. The smallest absolute Gasteiger partial charge is 0.296 e. The zero-order chi connectivity index (χ0) is 10.0. The molecule has 68 valence electrons. The van der Waals surface area contributed by atoms with Crippen LogP contribution in [0, 0.1) is 15.9 Å². The second kappa shape index (κ2) is 3.61. The summed E-state index contributed by atoms with van der Waals surface area (Å²) in [6.45, 7) is 0. The van der Waals surface area contributed by atoms with E-state index in [9.17, 15) is 19.3 Å². The van der Waals surface area contributed by atoms with E-state index in [4.69, 9.17) is 0 Å². The fraction of sp³-hybridized carbons (Fsp3) is 0. The third kappa shape index (κ3) is 1.72. The Labute approximate surface area is 80.6 Å². The Balaban J connectivity index is 3.52. The maximum absolute atomic E-state index is 12.8. The van der Waals surface area contributed by atoms with Gasteiger partial charge in [0.15, 0.2) is 6.29 Å². The molecular formula is C7H3BrFNO3. The van der Waals surface area contributed by atoms with Crippen LogP contribution in [0.25, 0.3) is 0 Å². The van der Waals surface area contributed by atoms with Gasteiger partial charge >= 0.3 is 0 Å². The summed E-state index contributed by atoms with van der Waals surface area (Å²) < 4.78 is 12.9. The maximum Gasteiger partial charge on any atom is 0.296 e. The van der Waals surface area contributed by atoms with Crippen LogP contribution in [0.5, 0.6) is 0 Å². The van der Waals surface area contributed by atoms with Crippen molar-refractivity contribution in [1.29, 1.82) is 0 Å². The van der Waals surface area contributed by atoms with Crippen LogP contribution in [-0.2, 0) is 0 Å². The minimum atomic E-state index is -0.898. The first-order valence-electron chi connectivity index (χ1n) is 3.15. The molecule has 0 atom stereocenters. The summed E-state index contributed by atoms with van der Waals surface area (Å²) >= 11 is 2.86. The second-order valence-electron chi connectivity index (χ2n) is 2.17. The molecule has 0 aliphatic rings. The van der Waals surface area contributed by atoms with Crippen LogP contribution in [0.1, 0.15) is 10.4 Å². The van der Waals surface area contributed by atoms with E-state index in [1.807, 2.05) is 0 Å². The minimum absolute atomic E-state index is 0.0843. The molecule has 0 aliphatic heterocycles. The molecule has 6 heteroatoms. The van der Waals surface area contributed by atoms with Crippen molar-refractivity contribution in [2.24, 2.45) is 0 Å². The lowest BCUT2D eigenvalue weighted by Crippen LogP contribution is -1.98. The lowest BCUT2D eigenvalue weighted by molar-refractivity contribution is -0.386. The van der Waals surface area contributed by atoms with Gasteiger partial charge in [0.1, 0.15) is 11.4 Å². The predicted molar refractivity (Wildman–Crippen MR) is 46.1 cm³/mol. The monoisotopic (exact) mass is 247 g/mol. The van der Waals surface area contributed by atoms with Crippen molar-refractivity contribution in [3.05, 3.63) is 38.1 Å². The molecule has 0 radical (unpaired) electrons. The van der Waals surface area contributed by atoms with Gasteiger partial charge in [0, 0.05) is 0 Å². The van der Waals surface area contributed by atoms with Crippen LogP contribution in [-0.4, -0.2) is 11.2 Å². The molecule has 0 unspecified atom stereocenters. The lowest BCUT2D eigenvalue weighted by Gasteiger charge is -1.98. The predicted octanol–water partition coefficient (Wildman–Crippen LogP) is 2.31. The summed E-state index contributed by atoms with van der Waals surface area (Å²) in [6, 6.07) is 2.17. The van der Waals surface area contributed by atoms with Crippen molar-refractivity contribution in [3.8, 4) is 0 Å². The van der Waals surface area contributed by atoms with E-state index >= 15 is 0 Å². The molecule has 0 aromatic heterocycles. The average molecular weight is 248 g/mol. The summed E-state index contributed by atoms with van der Waals surface area (Å²) in [5, 5.41) is 10.4. The third-order valence-corrected chi connectivity index (χ3v) is 2.05. The topological polar surface area (TPSA) is 60.2 Å². The van der Waals surface area contributed by atoms with E-state index in [2.05, 4.69) is 15.9 Å². The Bertz CT molecular complexity index is 380. The van der Waals surface area contributed by atoms with E-state index in [0.717, 1.165) is 6.07 Å². The number of carbonyl (C=O) groups is 1. The molecule has 0 aliphatic carbocycles. The van der Waals surface area contributed by atoms with E-state index in [1.54, 1.807) is 0 Å². The van der Waals surface area contributed by atoms with Gasteiger partial charge in [-0.2, -0.15) is 0 Å². The summed E-state index contributed by atoms with van der Waals surface area (Å²) in [7, 11) is 0. The van der Waals surface area contributed by atoms with E-state index in [1.165, 1.54) is 6.07 Å². The highest BCUT2D eigenvalue weighted by Gasteiger charge is 2.21. The van der Waals surface area contributed by atoms with Crippen LogP contribution in [0.2, 0.25) is 0 Å². The van der Waals surface area contributed by atoms with Gasteiger partial charge in [0.25, 0.3) is 5.69 Å². The molecule has 1 aromatic rings. The highest BCUT2D eigenvalue weighted by molar-refractivity contribution is 9.10. The van der Waals surface area contributed by atoms with Gasteiger partial charge in [0.05, 0.1) is 9.40 Å². The number of nitro benzene ring substituents is 1. The highest BCUT2D eigenvalue weighted by atomic mass is 79.9. The Morgan fingerprint density at radius 2 is 2.15 bits per heavy atom. The Hall–Kier alpha value is -1.30. The number of hydrogen-bond donors (Lipinski definition) is 0. The summed E-state index contributed by atoms with van der Waals surface area (Å²) in [5.41, 5.74) is -1.09. The summed E-state index contributed by atoms with van der Waals surface area (Å²) in [6.07, 6.45) is 0.123. The summed E-state index contributed by atoms with van der Waals surface area (Å²) in [5.74, 6) is -0.898. The minimum Gasteiger partial charge on any atom is -0.298 e. The highest BCUT2D eigenvalue weighted by Crippen LogP contribution is 2.29. The van der Waals surface area contributed by atoms with Gasteiger partial charge in [-0.05, 0) is 28.1 Å². The number of carbonyl (C=O) groups excluding carboxylic acids is 1. The van der Waals surface area contributed by atoms with Gasteiger partial charge in [-0.25, -0.2) is 4.39 Å².